The topological polar surface area (TPSA) is 24.3 Å². The number of likely N-dealkylation sites (tertiary alicyclic amines) is 1. The number of halogens is 1. The molecule has 108 valence electrons. The Balaban J connectivity index is 2.00. The van der Waals surface area contributed by atoms with E-state index < -0.39 is 0 Å². The van der Waals surface area contributed by atoms with Crippen LogP contribution in [0.4, 0.5) is 0 Å². The maximum atomic E-state index is 4.56. The van der Waals surface area contributed by atoms with Gasteiger partial charge in [0, 0.05) is 25.7 Å². The zero-order valence-corrected chi connectivity index (χ0v) is 14.1. The molecule has 5 heteroatoms. The molecule has 1 atom stereocenters. The van der Waals surface area contributed by atoms with Crippen molar-refractivity contribution in [2.45, 2.75) is 45.8 Å². The van der Waals surface area contributed by atoms with Crippen molar-refractivity contribution < 1.29 is 0 Å². The van der Waals surface area contributed by atoms with Crippen molar-refractivity contribution in [1.29, 1.82) is 0 Å². The number of hydrogen-bond donors (Lipinski definition) is 0. The van der Waals surface area contributed by atoms with Gasteiger partial charge in [-0.25, -0.2) is 0 Å². The van der Waals surface area contributed by atoms with Gasteiger partial charge in [0.2, 0.25) is 0 Å². The molecule has 19 heavy (non-hydrogen) atoms. The summed E-state index contributed by atoms with van der Waals surface area (Å²) in [7, 11) is 4.45. The molecular weight excluding hydrogens is 304 g/mol. The van der Waals surface area contributed by atoms with E-state index in [1.165, 1.54) is 29.6 Å². The van der Waals surface area contributed by atoms with Crippen molar-refractivity contribution in [3.8, 4) is 0 Å². The van der Waals surface area contributed by atoms with Gasteiger partial charge in [-0.2, -0.15) is 5.10 Å². The highest BCUT2D eigenvalue weighted by atomic mass is 79.9. The Kier molecular flexibility index (Phi) is 5.03. The van der Waals surface area contributed by atoms with Gasteiger partial charge in [-0.05, 0) is 63.3 Å². The monoisotopic (exact) mass is 328 g/mol. The van der Waals surface area contributed by atoms with Crippen molar-refractivity contribution in [1.82, 2.24) is 19.6 Å². The van der Waals surface area contributed by atoms with Crippen LogP contribution in [-0.2, 0) is 13.1 Å². The van der Waals surface area contributed by atoms with Gasteiger partial charge in [0.05, 0.1) is 15.9 Å². The summed E-state index contributed by atoms with van der Waals surface area (Å²) in [6.45, 7) is 8.47. The molecule has 0 spiro atoms. The molecule has 0 N–H and O–H groups in total. The summed E-state index contributed by atoms with van der Waals surface area (Å²) in [5.74, 6) is 0. The number of aromatic nitrogens is 2. The van der Waals surface area contributed by atoms with Gasteiger partial charge >= 0.3 is 0 Å². The minimum atomic E-state index is 0.711. The molecule has 1 aliphatic rings. The third kappa shape index (κ3) is 3.38. The molecule has 0 aromatic carbocycles. The van der Waals surface area contributed by atoms with Crippen molar-refractivity contribution >= 4 is 15.9 Å². The zero-order valence-electron chi connectivity index (χ0n) is 12.5. The molecule has 2 heterocycles. The van der Waals surface area contributed by atoms with Crippen molar-refractivity contribution in [2.75, 3.05) is 27.2 Å². The summed E-state index contributed by atoms with van der Waals surface area (Å²) in [6.07, 6.45) is 2.67. The summed E-state index contributed by atoms with van der Waals surface area (Å²) in [5.41, 5.74) is 2.38. The van der Waals surface area contributed by atoms with Gasteiger partial charge in [-0.1, -0.05) is 0 Å². The van der Waals surface area contributed by atoms with Crippen LogP contribution in [0.3, 0.4) is 0 Å². The quantitative estimate of drug-likeness (QED) is 0.830. The molecule has 1 aromatic rings. The van der Waals surface area contributed by atoms with E-state index in [1.807, 2.05) is 0 Å². The van der Waals surface area contributed by atoms with E-state index in [2.05, 4.69) is 63.5 Å². The first-order valence-electron chi connectivity index (χ1n) is 7.13. The molecule has 1 aromatic heterocycles. The third-order valence-corrected chi connectivity index (χ3v) is 5.10. The van der Waals surface area contributed by atoms with Crippen molar-refractivity contribution in [3.05, 3.63) is 15.9 Å². The maximum Gasteiger partial charge on any atom is 0.0739 e. The average Bonchev–Trinajstić information content (AvgIpc) is 2.88. The van der Waals surface area contributed by atoms with Crippen LogP contribution >= 0.6 is 15.9 Å². The molecule has 1 unspecified atom stereocenters. The second-order valence-corrected chi connectivity index (χ2v) is 6.43. The van der Waals surface area contributed by atoms with Crippen LogP contribution < -0.4 is 0 Å². The second-order valence-electron chi connectivity index (χ2n) is 5.64. The van der Waals surface area contributed by atoms with Crippen LogP contribution in [0.5, 0.6) is 0 Å². The van der Waals surface area contributed by atoms with E-state index in [4.69, 9.17) is 0 Å². The van der Waals surface area contributed by atoms with Crippen LogP contribution in [0.25, 0.3) is 0 Å². The fraction of sp³-hybridized carbons (Fsp3) is 0.786. The van der Waals surface area contributed by atoms with Crippen LogP contribution in [0.15, 0.2) is 4.47 Å². The highest BCUT2D eigenvalue weighted by molar-refractivity contribution is 9.10. The van der Waals surface area contributed by atoms with Gasteiger partial charge in [-0.15, -0.1) is 0 Å². The van der Waals surface area contributed by atoms with E-state index in [0.29, 0.717) is 6.04 Å². The average molecular weight is 329 g/mol. The van der Waals surface area contributed by atoms with Crippen LogP contribution in [0.1, 0.15) is 31.2 Å². The molecule has 2 rings (SSSR count). The molecule has 1 fully saturated rings. The van der Waals surface area contributed by atoms with E-state index in [0.717, 1.165) is 25.3 Å². The van der Waals surface area contributed by atoms with Gasteiger partial charge in [0.25, 0.3) is 0 Å². The highest BCUT2D eigenvalue weighted by Gasteiger charge is 2.23. The molecule has 0 radical (unpaired) electrons. The van der Waals surface area contributed by atoms with E-state index in [-0.39, 0.29) is 0 Å². The molecule has 0 aliphatic carbocycles. The lowest BCUT2D eigenvalue weighted by atomic mass is 10.2. The number of likely N-dealkylation sites (N-methyl/N-ethyl adjacent to an activating group) is 2. The predicted octanol–water partition coefficient (Wildman–Crippen LogP) is 2.50. The molecular formula is C14H25BrN4. The standard InChI is InChI=1S/C14H25BrN4/c1-5-19-13(14(15)11(2)16-19)10-17(3)9-12-7-6-8-18(12)4/h12H,5-10H2,1-4H3. The Morgan fingerprint density at radius 2 is 2.21 bits per heavy atom. The fourth-order valence-corrected chi connectivity index (χ4v) is 3.32. The Hall–Kier alpha value is -0.390. The minimum Gasteiger partial charge on any atom is -0.302 e. The molecule has 4 nitrogen and oxygen atoms in total. The second kappa shape index (κ2) is 6.37. The number of nitrogens with zero attached hydrogens (tertiary/aromatic N) is 4. The number of hydrogen-bond acceptors (Lipinski definition) is 3. The maximum absolute atomic E-state index is 4.56. The lowest BCUT2D eigenvalue weighted by Gasteiger charge is -2.26. The normalized spacial score (nSPS) is 20.6. The molecule has 0 amide bonds. The van der Waals surface area contributed by atoms with Gasteiger partial charge in [0.15, 0.2) is 0 Å². The fourth-order valence-electron chi connectivity index (χ4n) is 2.91. The lowest BCUT2D eigenvalue weighted by Crippen LogP contribution is -2.36. The van der Waals surface area contributed by atoms with Crippen molar-refractivity contribution in [2.24, 2.45) is 0 Å². The summed E-state index contributed by atoms with van der Waals surface area (Å²) in [6, 6.07) is 0.711. The summed E-state index contributed by atoms with van der Waals surface area (Å²) in [5, 5.41) is 4.56. The van der Waals surface area contributed by atoms with Gasteiger partial charge in [0.1, 0.15) is 0 Å². The van der Waals surface area contributed by atoms with Gasteiger partial charge < -0.3 is 4.90 Å². The largest absolute Gasteiger partial charge is 0.302 e. The van der Waals surface area contributed by atoms with Crippen LogP contribution in [-0.4, -0.2) is 52.8 Å². The Labute approximate surface area is 124 Å². The van der Waals surface area contributed by atoms with Crippen molar-refractivity contribution in [3.63, 3.8) is 0 Å². The highest BCUT2D eigenvalue weighted by Crippen LogP contribution is 2.23. The Morgan fingerprint density at radius 3 is 2.79 bits per heavy atom. The third-order valence-electron chi connectivity index (χ3n) is 4.07. The van der Waals surface area contributed by atoms with E-state index in [1.54, 1.807) is 0 Å². The smallest absolute Gasteiger partial charge is 0.0739 e. The molecule has 0 bridgehead atoms. The summed E-state index contributed by atoms with van der Waals surface area (Å²) < 4.78 is 3.27. The summed E-state index contributed by atoms with van der Waals surface area (Å²) in [4.78, 5) is 4.90. The molecule has 0 saturated carbocycles. The molecule has 1 aliphatic heterocycles. The Morgan fingerprint density at radius 1 is 1.47 bits per heavy atom. The molecule has 1 saturated heterocycles. The SMILES string of the molecule is CCn1nc(C)c(Br)c1CN(C)CC1CCCN1C. The first-order chi connectivity index (χ1) is 9.02. The number of aryl methyl sites for hydroxylation is 2. The van der Waals surface area contributed by atoms with Gasteiger partial charge in [-0.3, -0.25) is 9.58 Å². The van der Waals surface area contributed by atoms with E-state index >= 15 is 0 Å². The minimum absolute atomic E-state index is 0.711. The van der Waals surface area contributed by atoms with Crippen LogP contribution in [0.2, 0.25) is 0 Å². The first kappa shape index (κ1) is 15.0. The van der Waals surface area contributed by atoms with E-state index in [9.17, 15) is 0 Å². The summed E-state index contributed by atoms with van der Waals surface area (Å²) >= 11 is 3.67. The number of rotatable bonds is 5. The zero-order chi connectivity index (χ0) is 14.0. The van der Waals surface area contributed by atoms with Crippen LogP contribution in [0, 0.1) is 6.92 Å². The lowest BCUT2D eigenvalue weighted by molar-refractivity contribution is 0.212. The first-order valence-corrected chi connectivity index (χ1v) is 7.92. The predicted molar refractivity (Wildman–Crippen MR) is 82.3 cm³/mol. The Bertz CT molecular complexity index is 429.